The van der Waals surface area contributed by atoms with Crippen molar-refractivity contribution in [3.05, 3.63) is 65.7 Å². The molecule has 1 saturated heterocycles. The van der Waals surface area contributed by atoms with Crippen molar-refractivity contribution in [2.75, 3.05) is 36.4 Å². The lowest BCUT2D eigenvalue weighted by molar-refractivity contribution is 0.288. The van der Waals surface area contributed by atoms with Crippen LogP contribution in [-0.4, -0.2) is 38.9 Å². The maximum absolute atomic E-state index is 13.4. The normalized spacial score (nSPS) is 25.0. The molecular formula is C28H37N3O2S. The van der Waals surface area contributed by atoms with Crippen molar-refractivity contribution in [2.24, 2.45) is 11.8 Å². The van der Waals surface area contributed by atoms with Gasteiger partial charge in [0.25, 0.3) is 0 Å². The Morgan fingerprint density at radius 2 is 1.74 bits per heavy atom. The largest absolute Gasteiger partial charge is 0.378 e. The number of allylic oxidation sites excluding steroid dienone is 2. The molecule has 5 rings (SSSR count). The minimum atomic E-state index is -3.45. The average Bonchev–Trinajstić information content (AvgIpc) is 3.35. The summed E-state index contributed by atoms with van der Waals surface area (Å²) in [6.07, 6.45) is 7.42. The summed E-state index contributed by atoms with van der Waals surface area (Å²) in [5.74, 6) is 1.22. The zero-order valence-electron chi connectivity index (χ0n) is 20.6. The maximum Gasteiger partial charge on any atom is 0.243 e. The highest BCUT2D eigenvalue weighted by atomic mass is 32.2. The molecule has 2 heterocycles. The molecule has 0 bridgehead atoms. The number of benzene rings is 2. The molecule has 3 aliphatic rings. The first-order chi connectivity index (χ1) is 16.4. The van der Waals surface area contributed by atoms with Gasteiger partial charge in [-0.25, -0.2) is 8.42 Å². The summed E-state index contributed by atoms with van der Waals surface area (Å²) in [5.41, 5.74) is 4.71. The Morgan fingerprint density at radius 1 is 1.03 bits per heavy atom. The van der Waals surface area contributed by atoms with E-state index in [0.29, 0.717) is 29.8 Å². The topological polar surface area (TPSA) is 52.7 Å². The number of hydrogen-bond acceptors (Lipinski definition) is 4. The Bertz CT molecular complexity index is 1150. The molecule has 3 unspecified atom stereocenters. The van der Waals surface area contributed by atoms with Gasteiger partial charge in [-0.2, -0.15) is 4.31 Å². The molecule has 2 aliphatic heterocycles. The summed E-state index contributed by atoms with van der Waals surface area (Å²) in [6, 6.07) is 14.9. The Kier molecular flexibility index (Phi) is 6.47. The van der Waals surface area contributed by atoms with Crippen molar-refractivity contribution in [1.29, 1.82) is 0 Å². The van der Waals surface area contributed by atoms with Crippen LogP contribution in [0.5, 0.6) is 0 Å². The summed E-state index contributed by atoms with van der Waals surface area (Å²) < 4.78 is 28.4. The van der Waals surface area contributed by atoms with Crippen molar-refractivity contribution in [3.63, 3.8) is 0 Å². The van der Waals surface area contributed by atoms with Gasteiger partial charge in [0, 0.05) is 43.5 Å². The third kappa shape index (κ3) is 4.16. The van der Waals surface area contributed by atoms with Crippen LogP contribution in [0.15, 0.2) is 59.5 Å². The summed E-state index contributed by atoms with van der Waals surface area (Å²) in [7, 11) is -3.45. The van der Waals surface area contributed by atoms with Crippen LogP contribution in [0.3, 0.4) is 0 Å². The number of anilines is 2. The van der Waals surface area contributed by atoms with Crippen LogP contribution in [0.1, 0.15) is 63.1 Å². The highest BCUT2D eigenvalue weighted by Gasteiger charge is 2.39. The minimum absolute atomic E-state index is 0.212. The first-order valence-electron chi connectivity index (χ1n) is 12.8. The van der Waals surface area contributed by atoms with E-state index in [4.69, 9.17) is 0 Å². The second kappa shape index (κ2) is 9.38. The number of fused-ring (bicyclic) bond motifs is 3. The second-order valence-electron chi connectivity index (χ2n) is 10.1. The molecule has 6 heteroatoms. The molecule has 0 saturated carbocycles. The van der Waals surface area contributed by atoms with Gasteiger partial charge in [0.2, 0.25) is 10.0 Å². The van der Waals surface area contributed by atoms with E-state index in [2.05, 4.69) is 67.4 Å². The molecule has 0 amide bonds. The van der Waals surface area contributed by atoms with E-state index in [9.17, 15) is 8.42 Å². The smallest absolute Gasteiger partial charge is 0.243 e. The Hall–Kier alpha value is -2.31. The Labute approximate surface area is 204 Å². The zero-order valence-corrected chi connectivity index (χ0v) is 21.4. The van der Waals surface area contributed by atoms with E-state index >= 15 is 0 Å². The van der Waals surface area contributed by atoms with Crippen LogP contribution in [0.2, 0.25) is 0 Å². The van der Waals surface area contributed by atoms with Crippen LogP contribution < -0.4 is 10.2 Å². The summed E-state index contributed by atoms with van der Waals surface area (Å²) in [4.78, 5) is 2.79. The Morgan fingerprint density at radius 3 is 2.41 bits per heavy atom. The molecule has 1 aliphatic carbocycles. The summed E-state index contributed by atoms with van der Waals surface area (Å²) in [6.45, 7) is 9.82. The quantitative estimate of drug-likeness (QED) is 0.534. The van der Waals surface area contributed by atoms with Gasteiger partial charge in [-0.1, -0.05) is 31.2 Å². The SMILES string of the molecule is CCN(CC)c1ccc(C2Nc3ccc(S(=O)(=O)N4CCC(C)CC4)cc3C3C=CCC32)cc1. The third-order valence-electron chi connectivity index (χ3n) is 8.10. The fourth-order valence-corrected chi connectivity index (χ4v) is 7.42. The van der Waals surface area contributed by atoms with Crippen LogP contribution in [0.25, 0.3) is 0 Å². The fraction of sp³-hybridized carbons (Fsp3) is 0.500. The minimum Gasteiger partial charge on any atom is -0.378 e. The lowest BCUT2D eigenvalue weighted by atomic mass is 9.77. The van der Waals surface area contributed by atoms with Gasteiger partial charge in [0.15, 0.2) is 0 Å². The van der Waals surface area contributed by atoms with E-state index in [1.807, 2.05) is 12.1 Å². The first-order valence-corrected chi connectivity index (χ1v) is 14.3. The van der Waals surface area contributed by atoms with Gasteiger partial charge in [-0.15, -0.1) is 0 Å². The van der Waals surface area contributed by atoms with Crippen LogP contribution in [-0.2, 0) is 10.0 Å². The highest BCUT2D eigenvalue weighted by molar-refractivity contribution is 7.89. The number of hydrogen-bond donors (Lipinski definition) is 1. The van der Waals surface area contributed by atoms with Crippen molar-refractivity contribution < 1.29 is 8.42 Å². The monoisotopic (exact) mass is 479 g/mol. The third-order valence-corrected chi connectivity index (χ3v) is 9.99. The van der Waals surface area contributed by atoms with Gasteiger partial charge in [0.05, 0.1) is 10.9 Å². The van der Waals surface area contributed by atoms with Crippen molar-refractivity contribution in [2.45, 2.75) is 56.9 Å². The molecule has 0 aromatic heterocycles. The fourth-order valence-electron chi connectivity index (χ4n) is 5.92. The standard InChI is InChI=1S/C28H37N3O2S/c1-4-30(5-2)22-11-9-21(10-12-22)28-25-8-6-7-24(25)26-19-23(13-14-27(26)29-28)34(32,33)31-17-15-20(3)16-18-31/h6-7,9-14,19-20,24-25,28-29H,4-5,8,15-18H2,1-3H3. The lowest BCUT2D eigenvalue weighted by Crippen LogP contribution is -2.38. The molecule has 1 fully saturated rings. The number of sulfonamides is 1. The molecule has 3 atom stereocenters. The molecular weight excluding hydrogens is 442 g/mol. The molecule has 2 aromatic rings. The second-order valence-corrected chi connectivity index (χ2v) is 12.0. The molecule has 5 nitrogen and oxygen atoms in total. The molecule has 0 spiro atoms. The van der Waals surface area contributed by atoms with Crippen molar-refractivity contribution in [1.82, 2.24) is 4.31 Å². The average molecular weight is 480 g/mol. The highest BCUT2D eigenvalue weighted by Crippen LogP contribution is 2.50. The molecule has 0 radical (unpaired) electrons. The first kappa shape index (κ1) is 23.4. The zero-order chi connectivity index (χ0) is 23.9. The van der Waals surface area contributed by atoms with Crippen molar-refractivity contribution in [3.8, 4) is 0 Å². The number of nitrogens with one attached hydrogen (secondary N) is 1. The maximum atomic E-state index is 13.4. The van der Waals surface area contributed by atoms with E-state index in [0.717, 1.165) is 43.6 Å². The van der Waals surface area contributed by atoms with E-state index in [1.54, 1.807) is 10.4 Å². The number of rotatable bonds is 6. The van der Waals surface area contributed by atoms with E-state index in [1.165, 1.54) is 11.3 Å². The van der Waals surface area contributed by atoms with Crippen LogP contribution in [0.4, 0.5) is 11.4 Å². The summed E-state index contributed by atoms with van der Waals surface area (Å²) >= 11 is 0. The van der Waals surface area contributed by atoms with Crippen molar-refractivity contribution >= 4 is 21.4 Å². The van der Waals surface area contributed by atoms with Gasteiger partial charge in [0.1, 0.15) is 0 Å². The predicted molar refractivity (Wildman–Crippen MR) is 140 cm³/mol. The van der Waals surface area contributed by atoms with E-state index < -0.39 is 10.0 Å². The van der Waals surface area contributed by atoms with E-state index in [-0.39, 0.29) is 12.0 Å². The summed E-state index contributed by atoms with van der Waals surface area (Å²) in [5, 5.41) is 3.76. The van der Waals surface area contributed by atoms with Gasteiger partial charge in [-0.3, -0.25) is 0 Å². The molecule has 2 aromatic carbocycles. The van der Waals surface area contributed by atoms with Gasteiger partial charge in [-0.05, 0) is 86.4 Å². The van der Waals surface area contributed by atoms with Crippen LogP contribution >= 0.6 is 0 Å². The number of piperidine rings is 1. The lowest BCUT2D eigenvalue weighted by Gasteiger charge is -2.38. The molecule has 1 N–H and O–H groups in total. The molecule has 182 valence electrons. The predicted octanol–water partition coefficient (Wildman–Crippen LogP) is 5.78. The van der Waals surface area contributed by atoms with Gasteiger partial charge < -0.3 is 10.2 Å². The Balaban J connectivity index is 1.43. The molecule has 34 heavy (non-hydrogen) atoms. The van der Waals surface area contributed by atoms with Crippen LogP contribution in [0, 0.1) is 11.8 Å². The number of nitrogens with zero attached hydrogens (tertiary/aromatic N) is 2. The van der Waals surface area contributed by atoms with Gasteiger partial charge >= 0.3 is 0 Å².